The van der Waals surface area contributed by atoms with E-state index in [1.807, 2.05) is 0 Å². The van der Waals surface area contributed by atoms with Crippen LogP contribution in [-0.2, 0) is 0 Å². The van der Waals surface area contributed by atoms with Gasteiger partial charge in [-0.05, 0) is 50.0 Å². The molecule has 1 aromatic rings. The van der Waals surface area contributed by atoms with E-state index in [-0.39, 0.29) is 10.8 Å². The lowest BCUT2D eigenvalue weighted by Gasteiger charge is -2.45. The van der Waals surface area contributed by atoms with Crippen molar-refractivity contribution in [2.24, 2.45) is 5.92 Å². The standard InChI is InChI=1S/C13H16ClFN2/c14-11-7-10(1-2-12(11)15)16-13-8-17-5-3-9(13)4-6-17/h1-2,7,9,13,16H,3-6,8H2. The summed E-state index contributed by atoms with van der Waals surface area (Å²) < 4.78 is 13.1. The predicted octanol–water partition coefficient (Wildman–Crippen LogP) is 2.99. The zero-order chi connectivity index (χ0) is 11.8. The predicted molar refractivity (Wildman–Crippen MR) is 68.0 cm³/mol. The second-order valence-corrected chi connectivity index (χ2v) is 5.42. The first-order chi connectivity index (χ1) is 8.22. The van der Waals surface area contributed by atoms with E-state index >= 15 is 0 Å². The van der Waals surface area contributed by atoms with Crippen molar-refractivity contribution in [3.63, 3.8) is 0 Å². The van der Waals surface area contributed by atoms with Crippen LogP contribution < -0.4 is 5.32 Å². The molecule has 3 heterocycles. The van der Waals surface area contributed by atoms with Gasteiger partial charge in [0.05, 0.1) is 5.02 Å². The average molecular weight is 255 g/mol. The molecule has 92 valence electrons. The molecule has 0 saturated carbocycles. The van der Waals surface area contributed by atoms with Crippen molar-refractivity contribution in [1.29, 1.82) is 0 Å². The van der Waals surface area contributed by atoms with Crippen molar-refractivity contribution in [1.82, 2.24) is 4.90 Å². The van der Waals surface area contributed by atoms with Crippen LogP contribution in [0.25, 0.3) is 0 Å². The van der Waals surface area contributed by atoms with Crippen LogP contribution in [0.3, 0.4) is 0 Å². The number of anilines is 1. The van der Waals surface area contributed by atoms with Gasteiger partial charge < -0.3 is 10.2 Å². The van der Waals surface area contributed by atoms with E-state index in [1.165, 1.54) is 32.0 Å². The number of fused-ring (bicyclic) bond motifs is 3. The van der Waals surface area contributed by atoms with Crippen LogP contribution in [0.15, 0.2) is 18.2 Å². The van der Waals surface area contributed by atoms with Crippen molar-refractivity contribution < 1.29 is 4.39 Å². The molecule has 0 aliphatic carbocycles. The fourth-order valence-corrected chi connectivity index (χ4v) is 3.11. The topological polar surface area (TPSA) is 15.3 Å². The van der Waals surface area contributed by atoms with Gasteiger partial charge in [-0.3, -0.25) is 0 Å². The monoisotopic (exact) mass is 254 g/mol. The second-order valence-electron chi connectivity index (χ2n) is 5.02. The molecule has 3 saturated heterocycles. The van der Waals surface area contributed by atoms with Gasteiger partial charge in [-0.2, -0.15) is 0 Å². The lowest BCUT2D eigenvalue weighted by molar-refractivity contribution is 0.0975. The molecule has 17 heavy (non-hydrogen) atoms. The Hall–Kier alpha value is -0.800. The van der Waals surface area contributed by atoms with E-state index in [2.05, 4.69) is 10.2 Å². The number of hydrogen-bond acceptors (Lipinski definition) is 2. The Balaban J connectivity index is 1.72. The number of piperidine rings is 3. The molecule has 2 bridgehead atoms. The van der Waals surface area contributed by atoms with E-state index in [4.69, 9.17) is 11.6 Å². The van der Waals surface area contributed by atoms with Crippen molar-refractivity contribution in [2.75, 3.05) is 25.0 Å². The molecule has 0 amide bonds. The van der Waals surface area contributed by atoms with Gasteiger partial charge in [0.25, 0.3) is 0 Å². The maximum Gasteiger partial charge on any atom is 0.141 e. The molecule has 2 nitrogen and oxygen atoms in total. The molecule has 3 fully saturated rings. The third-order valence-electron chi connectivity index (χ3n) is 3.93. The summed E-state index contributed by atoms with van der Waals surface area (Å²) in [6.07, 6.45) is 2.54. The number of rotatable bonds is 2. The maximum atomic E-state index is 13.1. The van der Waals surface area contributed by atoms with E-state index < -0.39 is 0 Å². The fraction of sp³-hybridized carbons (Fsp3) is 0.538. The maximum absolute atomic E-state index is 13.1. The van der Waals surface area contributed by atoms with Crippen molar-refractivity contribution in [3.05, 3.63) is 29.0 Å². The normalized spacial score (nSPS) is 31.5. The Kier molecular flexibility index (Phi) is 2.97. The van der Waals surface area contributed by atoms with Crippen molar-refractivity contribution in [3.8, 4) is 0 Å². The first-order valence-corrected chi connectivity index (χ1v) is 6.54. The minimum Gasteiger partial charge on any atom is -0.381 e. The van der Waals surface area contributed by atoms with Crippen LogP contribution in [0.4, 0.5) is 10.1 Å². The minimum atomic E-state index is -0.355. The largest absolute Gasteiger partial charge is 0.381 e. The Morgan fingerprint density at radius 2 is 2.06 bits per heavy atom. The molecule has 0 radical (unpaired) electrons. The highest BCUT2D eigenvalue weighted by atomic mass is 35.5. The highest BCUT2D eigenvalue weighted by molar-refractivity contribution is 6.31. The molecule has 0 aromatic heterocycles. The van der Waals surface area contributed by atoms with Crippen LogP contribution >= 0.6 is 11.6 Å². The van der Waals surface area contributed by atoms with Gasteiger partial charge in [-0.1, -0.05) is 11.6 Å². The Morgan fingerprint density at radius 3 is 2.65 bits per heavy atom. The average Bonchev–Trinajstić information content (AvgIpc) is 2.35. The lowest BCUT2D eigenvalue weighted by atomic mass is 9.84. The first-order valence-electron chi connectivity index (χ1n) is 6.16. The Labute approximate surface area is 106 Å². The summed E-state index contributed by atoms with van der Waals surface area (Å²) in [5, 5.41) is 3.68. The molecule has 1 unspecified atom stereocenters. The molecule has 1 atom stereocenters. The van der Waals surface area contributed by atoms with Gasteiger partial charge in [-0.15, -0.1) is 0 Å². The molecule has 1 N–H and O–H groups in total. The molecule has 1 aromatic carbocycles. The van der Waals surface area contributed by atoms with Gasteiger partial charge >= 0.3 is 0 Å². The van der Waals surface area contributed by atoms with Crippen LogP contribution in [0.2, 0.25) is 5.02 Å². The highest BCUT2D eigenvalue weighted by Gasteiger charge is 2.33. The first kappa shape index (κ1) is 11.3. The molecule has 4 rings (SSSR count). The molecule has 3 aliphatic rings. The number of halogens is 2. The fourth-order valence-electron chi connectivity index (χ4n) is 2.93. The minimum absolute atomic E-state index is 0.191. The van der Waals surface area contributed by atoms with E-state index in [9.17, 15) is 4.39 Å². The van der Waals surface area contributed by atoms with E-state index in [1.54, 1.807) is 12.1 Å². The summed E-state index contributed by atoms with van der Waals surface area (Å²) >= 11 is 5.79. The summed E-state index contributed by atoms with van der Waals surface area (Å²) in [5.41, 5.74) is 0.926. The number of hydrogen-bond donors (Lipinski definition) is 1. The van der Waals surface area contributed by atoms with Crippen LogP contribution in [-0.4, -0.2) is 30.6 Å². The Bertz CT molecular complexity index is 416. The molecule has 3 aliphatic heterocycles. The number of nitrogens with one attached hydrogen (secondary N) is 1. The van der Waals surface area contributed by atoms with E-state index in [0.717, 1.165) is 18.2 Å². The lowest BCUT2D eigenvalue weighted by Crippen LogP contribution is -2.53. The van der Waals surface area contributed by atoms with Crippen LogP contribution in [0, 0.1) is 11.7 Å². The van der Waals surface area contributed by atoms with Crippen LogP contribution in [0.1, 0.15) is 12.8 Å². The van der Waals surface area contributed by atoms with Gasteiger partial charge in [0.2, 0.25) is 0 Å². The summed E-state index contributed by atoms with van der Waals surface area (Å²) in [4.78, 5) is 2.49. The summed E-state index contributed by atoms with van der Waals surface area (Å²) in [6.45, 7) is 3.56. The van der Waals surface area contributed by atoms with Gasteiger partial charge in [0.1, 0.15) is 5.82 Å². The third-order valence-corrected chi connectivity index (χ3v) is 4.22. The molecular weight excluding hydrogens is 239 g/mol. The summed E-state index contributed by atoms with van der Waals surface area (Å²) in [7, 11) is 0. The van der Waals surface area contributed by atoms with Crippen LogP contribution in [0.5, 0.6) is 0 Å². The second kappa shape index (κ2) is 4.46. The number of nitrogens with zero attached hydrogens (tertiary/aromatic N) is 1. The van der Waals surface area contributed by atoms with Crippen molar-refractivity contribution >= 4 is 17.3 Å². The van der Waals surface area contributed by atoms with Gasteiger partial charge in [0.15, 0.2) is 0 Å². The third kappa shape index (κ3) is 2.26. The number of benzene rings is 1. The molecule has 0 spiro atoms. The molecular formula is C13H16ClFN2. The zero-order valence-corrected chi connectivity index (χ0v) is 10.4. The summed E-state index contributed by atoms with van der Waals surface area (Å²) in [5.74, 6) is 0.398. The Morgan fingerprint density at radius 1 is 1.29 bits per heavy atom. The van der Waals surface area contributed by atoms with E-state index in [0.29, 0.717) is 6.04 Å². The zero-order valence-electron chi connectivity index (χ0n) is 9.63. The van der Waals surface area contributed by atoms with Crippen molar-refractivity contribution in [2.45, 2.75) is 18.9 Å². The SMILES string of the molecule is Fc1ccc(NC2CN3CCC2CC3)cc1Cl. The highest BCUT2D eigenvalue weighted by Crippen LogP contribution is 2.30. The molecule has 4 heteroatoms. The summed E-state index contributed by atoms with van der Waals surface area (Å²) in [6, 6.07) is 5.35. The quantitative estimate of drug-likeness (QED) is 0.873. The smallest absolute Gasteiger partial charge is 0.141 e. The van der Waals surface area contributed by atoms with Gasteiger partial charge in [-0.25, -0.2) is 4.39 Å². The van der Waals surface area contributed by atoms with Gasteiger partial charge in [0, 0.05) is 18.3 Å².